The van der Waals surface area contributed by atoms with E-state index in [1.165, 1.54) is 72.3 Å². The van der Waals surface area contributed by atoms with Gasteiger partial charge in [-0.05, 0) is 210 Å². The van der Waals surface area contributed by atoms with Crippen LogP contribution in [0.4, 0.5) is 81.7 Å². The summed E-state index contributed by atoms with van der Waals surface area (Å²) in [4.78, 5) is 48.6. The van der Waals surface area contributed by atoms with Gasteiger partial charge in [0, 0.05) is 100.0 Å². The summed E-state index contributed by atoms with van der Waals surface area (Å²) in [6.45, 7) is 12.0. The second kappa shape index (κ2) is 43.1. The van der Waals surface area contributed by atoms with Crippen LogP contribution in [-0.2, 0) is 44.5 Å². The molecule has 1 fully saturated rings. The number of methoxy groups -OCH3 is 6. The third kappa shape index (κ3) is 23.8. The van der Waals surface area contributed by atoms with Gasteiger partial charge in [-0.25, -0.2) is 124 Å². The number of nitrogen functional groups attached to an aromatic ring is 4. The van der Waals surface area contributed by atoms with Crippen molar-refractivity contribution in [2.75, 3.05) is 104 Å². The SMILES string of the molecule is C=S(=O)(Nc1cc(-c2cc(OC)c3nc(N)nc(C)c3c2)cnc1OC)c1ccc(F)cc1F.COCCOc1cc(-c2cnc(OC)c(NS(=O)(=O)c3ccc(F)cc3F)c2)cc2c(C)nc(N)nc12.COc1ncc(-c2cc(OC(C)C)c3nc(N)nc(C)c3c2)cc1NS(=O)(=O)c1ccc(F)cc1F.COc1ncc(-c2cc(OCC3CC3)c3nc(N)nc(C)c3c2)cc1NS(=O)(=O)c1ccc(F)cc1F. The van der Waals surface area contributed by atoms with Gasteiger partial charge in [-0.3, -0.25) is 14.2 Å². The van der Waals surface area contributed by atoms with Crippen LogP contribution >= 0.6 is 0 Å². The molecular weight excluding hydrogens is 1970 g/mol. The molecule has 16 aromatic rings. The minimum absolute atomic E-state index is 0.0328. The van der Waals surface area contributed by atoms with E-state index in [2.05, 4.69) is 84.6 Å². The van der Waals surface area contributed by atoms with E-state index in [-0.39, 0.29) is 87.7 Å². The monoisotopic (exact) mass is 2060 g/mol. The van der Waals surface area contributed by atoms with Crippen molar-refractivity contribution in [2.24, 2.45) is 5.92 Å². The van der Waals surface area contributed by atoms with Gasteiger partial charge in [0.1, 0.15) is 136 Å². The lowest BCUT2D eigenvalue weighted by Crippen LogP contribution is -2.16. The second-order valence-electron chi connectivity index (χ2n) is 32.1. The average Bonchev–Trinajstić information content (AvgIpc) is 0.876. The summed E-state index contributed by atoms with van der Waals surface area (Å²) < 4.78 is 260. The molecule has 36 nitrogen and oxygen atoms in total. The highest BCUT2D eigenvalue weighted by atomic mass is 32.2. The zero-order valence-electron chi connectivity index (χ0n) is 78.4. The van der Waals surface area contributed by atoms with Gasteiger partial charge in [-0.1, -0.05) is 0 Å². The van der Waals surface area contributed by atoms with E-state index in [0.29, 0.717) is 172 Å². The molecule has 12 N–H and O–H groups in total. The lowest BCUT2D eigenvalue weighted by Gasteiger charge is -2.17. The van der Waals surface area contributed by atoms with E-state index >= 15 is 0 Å². The van der Waals surface area contributed by atoms with Gasteiger partial charge in [0.05, 0.1) is 92.2 Å². The molecule has 0 aliphatic heterocycles. The Balaban J connectivity index is 0.000000152. The fourth-order valence-corrected chi connectivity index (χ4v) is 19.2. The Hall–Kier alpha value is -16.2. The summed E-state index contributed by atoms with van der Waals surface area (Å²) >= 11 is 0. The highest BCUT2D eigenvalue weighted by Gasteiger charge is 2.30. The lowest BCUT2D eigenvalue weighted by atomic mass is 10.0. The van der Waals surface area contributed by atoms with Crippen LogP contribution in [0.25, 0.3) is 88.1 Å². The number of nitrogens with one attached hydrogen (secondary N) is 4. The molecule has 1 atom stereocenters. The maximum Gasteiger partial charge on any atom is 0.264 e. The summed E-state index contributed by atoms with van der Waals surface area (Å²) in [5, 5.41) is 2.78. The molecule has 8 aromatic carbocycles. The molecule has 750 valence electrons. The van der Waals surface area contributed by atoms with Crippen molar-refractivity contribution in [1.29, 1.82) is 0 Å². The number of aryl methyl sites for hydroxylation is 4. The maximum atomic E-state index is 14.3. The van der Waals surface area contributed by atoms with Crippen LogP contribution in [-0.4, -0.2) is 164 Å². The number of pyridine rings is 4. The molecule has 0 saturated heterocycles. The van der Waals surface area contributed by atoms with Crippen molar-refractivity contribution in [3.8, 4) is 91.0 Å². The molecule has 0 radical (unpaired) electrons. The average molecular weight is 2060 g/mol. The summed E-state index contributed by atoms with van der Waals surface area (Å²) in [5.74, 6) is -1.75. The van der Waals surface area contributed by atoms with E-state index < -0.39 is 101 Å². The van der Waals surface area contributed by atoms with Gasteiger partial charge in [-0.15, -0.1) is 0 Å². The summed E-state index contributed by atoms with van der Waals surface area (Å²) in [7, 11) is -8.33. The van der Waals surface area contributed by atoms with Crippen LogP contribution in [0.3, 0.4) is 0 Å². The highest BCUT2D eigenvalue weighted by Crippen LogP contribution is 2.44. The largest absolute Gasteiger partial charge is 0.494 e. The van der Waals surface area contributed by atoms with E-state index in [0.717, 1.165) is 66.8 Å². The number of aromatic nitrogens is 12. The van der Waals surface area contributed by atoms with Gasteiger partial charge in [0.25, 0.3) is 30.1 Å². The Bertz CT molecular complexity index is 8210. The molecule has 48 heteroatoms. The molecule has 1 unspecified atom stereocenters. The number of halogens is 8. The minimum atomic E-state index is -4.45. The third-order valence-corrected chi connectivity index (χ3v) is 27.3. The first-order chi connectivity index (χ1) is 68.4. The highest BCUT2D eigenvalue weighted by molar-refractivity contribution is 8.01. The summed E-state index contributed by atoms with van der Waals surface area (Å²) in [5.41, 5.74) is 32.8. The van der Waals surface area contributed by atoms with Crippen LogP contribution in [0.15, 0.2) is 190 Å². The maximum absolute atomic E-state index is 14.3. The number of fused-ring (bicyclic) bond motifs is 4. The second-order valence-corrected chi connectivity index (χ2v) is 39.1. The standard InChI is InChI=1S/C25H23F2N5O4S.C24H23F2N5O5S.C24H23F2N5O4S.C23H21F2N5O3S/c1-13-18-7-15(9-21(36-12-14-3-4-14)23(18)31-25(28)30-13)16-8-20(24(35-2)29-11-16)32-37(33,34)22-6-5-17(26)10-19(22)27;1-13-17-8-14(10-20(36-7-6-34-2)22(17)30-24(27)29-13)15-9-19(23(35-3)28-12-15)31-37(32,33)21-5-4-16(25)11-18(21)26;1-12(2)35-20-9-14(7-17-13(3)29-24(27)30-22(17)20)15-8-19(23(34-4)28-11-15)31-36(32,33)21-6-5-16(25)10-18(21)26;1-12-16-7-13(9-19(32-2)21(16)29-23(26)28-12)14-8-18(22(33-3)27-11-14)30-34(4,31)20-6-5-15(24)10-17(20)25/h5-11,14,32H,3-4,12H2,1-2H3,(H2,28,30,31);4-5,8-12,31H,6-7H2,1-3H3,(H2,27,29,30);5-12,31H,1-4H3,(H2,27,29,30);5-11H,4H2,1-3H3,(H,30,31)(H2,26,28,29). The van der Waals surface area contributed by atoms with Crippen molar-refractivity contribution in [3.05, 3.63) is 240 Å². The number of anilines is 8. The van der Waals surface area contributed by atoms with Gasteiger partial charge >= 0.3 is 0 Å². The topological polar surface area (TPSA) is 509 Å². The minimum Gasteiger partial charge on any atom is -0.494 e. The first kappa shape index (κ1) is 104. The fourth-order valence-electron chi connectivity index (χ4n) is 14.6. The van der Waals surface area contributed by atoms with Crippen molar-refractivity contribution in [3.63, 3.8) is 0 Å². The Labute approximate surface area is 819 Å². The number of hydrogen-bond donors (Lipinski definition) is 8. The van der Waals surface area contributed by atoms with Crippen LogP contribution in [0.2, 0.25) is 0 Å². The van der Waals surface area contributed by atoms with E-state index in [1.807, 2.05) is 26.0 Å². The number of sulfonamides is 3. The van der Waals surface area contributed by atoms with Crippen molar-refractivity contribution in [2.45, 2.75) is 80.1 Å². The van der Waals surface area contributed by atoms with Crippen LogP contribution in [0.5, 0.6) is 46.5 Å². The third-order valence-electron chi connectivity index (χ3n) is 21.5. The van der Waals surface area contributed by atoms with Crippen LogP contribution < -0.4 is 79.7 Å². The molecule has 0 amide bonds. The predicted molar refractivity (Wildman–Crippen MR) is 527 cm³/mol. The number of benzene rings is 8. The van der Waals surface area contributed by atoms with Crippen LogP contribution in [0.1, 0.15) is 49.5 Å². The zero-order valence-corrected chi connectivity index (χ0v) is 81.7. The van der Waals surface area contributed by atoms with Gasteiger partial charge < -0.3 is 70.3 Å². The fraction of sp³-hybridized carbons (Fsp3) is 0.198. The van der Waals surface area contributed by atoms with Gasteiger partial charge in [0.2, 0.25) is 47.3 Å². The molecule has 17 rings (SSSR count). The Morgan fingerprint density at radius 2 is 0.632 bits per heavy atom. The number of hydrogen-bond acceptors (Lipinski definition) is 32. The molecule has 8 aromatic heterocycles. The summed E-state index contributed by atoms with van der Waals surface area (Å²) in [6, 6.07) is 29.6. The first-order valence-corrected chi connectivity index (χ1v) is 49.0. The van der Waals surface area contributed by atoms with Crippen molar-refractivity contribution < 1.29 is 107 Å². The first-order valence-electron chi connectivity index (χ1n) is 42.9. The van der Waals surface area contributed by atoms with Gasteiger partial charge in [-0.2, -0.15) is 0 Å². The van der Waals surface area contributed by atoms with Gasteiger partial charge in [0.15, 0.2) is 0 Å². The number of ether oxygens (including phenoxy) is 9. The number of nitrogens with two attached hydrogens (primary N) is 4. The van der Waals surface area contributed by atoms with Crippen molar-refractivity contribution in [1.82, 2.24) is 59.8 Å². The smallest absolute Gasteiger partial charge is 0.264 e. The normalized spacial score (nSPS) is 12.4. The Morgan fingerprint density at radius 3 is 0.924 bits per heavy atom. The molecule has 144 heavy (non-hydrogen) atoms. The molecule has 1 aliphatic carbocycles. The van der Waals surface area contributed by atoms with Crippen molar-refractivity contribution >= 4 is 136 Å². The Kier molecular flexibility index (Phi) is 31.0. The molecule has 8 heterocycles. The summed E-state index contributed by atoms with van der Waals surface area (Å²) in [6.07, 6.45) is 8.08. The molecule has 0 bridgehead atoms. The molecule has 1 aliphatic rings. The molecule has 0 spiro atoms. The van der Waals surface area contributed by atoms with Crippen LogP contribution in [0, 0.1) is 80.2 Å². The Morgan fingerprint density at radius 1 is 0.347 bits per heavy atom. The quantitative estimate of drug-likeness (QED) is 0.0118. The zero-order chi connectivity index (χ0) is 104. The lowest BCUT2D eigenvalue weighted by molar-refractivity contribution is 0.147. The van der Waals surface area contributed by atoms with E-state index in [9.17, 15) is 64.6 Å². The number of rotatable bonds is 30. The number of nitrogens with zero attached hydrogens (tertiary/aromatic N) is 12. The molecular formula is C96H90F8N20O16S4. The van der Waals surface area contributed by atoms with E-state index in [4.69, 9.17) is 65.6 Å². The molecule has 1 saturated carbocycles. The predicted octanol–water partition coefficient (Wildman–Crippen LogP) is 16.6. The van der Waals surface area contributed by atoms with E-state index in [1.54, 1.807) is 83.5 Å².